The van der Waals surface area contributed by atoms with E-state index in [0.717, 1.165) is 90.1 Å². The number of imidazole rings is 1. The molecule has 0 aliphatic carbocycles. The van der Waals surface area contributed by atoms with E-state index in [1.54, 1.807) is 0 Å². The van der Waals surface area contributed by atoms with Crippen molar-refractivity contribution in [3.63, 3.8) is 0 Å². The second-order valence-corrected chi connectivity index (χ2v) is 12.3. The van der Waals surface area contributed by atoms with Gasteiger partial charge in [0.1, 0.15) is 5.52 Å². The number of hydrogen-bond donors (Lipinski definition) is 0. The van der Waals surface area contributed by atoms with Crippen LogP contribution in [0.1, 0.15) is 61.5 Å². The van der Waals surface area contributed by atoms with E-state index in [4.69, 9.17) is 19.4 Å². The maximum Gasteiger partial charge on any atom is 0.198 e. The summed E-state index contributed by atoms with van der Waals surface area (Å²) in [4.78, 5) is 17.2. The van der Waals surface area contributed by atoms with Gasteiger partial charge in [-0.2, -0.15) is 0 Å². The van der Waals surface area contributed by atoms with E-state index in [1.807, 2.05) is 18.7 Å². The van der Waals surface area contributed by atoms with Gasteiger partial charge in [0, 0.05) is 48.5 Å². The van der Waals surface area contributed by atoms with Crippen molar-refractivity contribution in [3.05, 3.63) is 70.9 Å². The van der Waals surface area contributed by atoms with E-state index in [0.29, 0.717) is 5.92 Å². The third-order valence-electron chi connectivity index (χ3n) is 8.05. The maximum absolute atomic E-state index is 6.03. The highest BCUT2D eigenvalue weighted by molar-refractivity contribution is 7.99. The van der Waals surface area contributed by atoms with Gasteiger partial charge in [0.05, 0.1) is 16.9 Å². The first-order valence-corrected chi connectivity index (χ1v) is 15.6. The van der Waals surface area contributed by atoms with Crippen LogP contribution in [0.15, 0.2) is 52.0 Å². The molecule has 0 spiro atoms. The van der Waals surface area contributed by atoms with Crippen molar-refractivity contribution in [2.24, 2.45) is 7.05 Å². The largest absolute Gasteiger partial charge is 0.440 e. The molecule has 0 fully saturated rings. The number of pyridine rings is 1. The highest BCUT2D eigenvalue weighted by atomic mass is 32.2. The summed E-state index contributed by atoms with van der Waals surface area (Å²) in [6.07, 6.45) is 4.19. The number of nitrogens with zero attached hydrogens (tertiary/aromatic N) is 5. The zero-order valence-electron chi connectivity index (χ0n) is 24.3. The minimum absolute atomic E-state index is 0.311. The molecule has 0 saturated carbocycles. The summed E-state index contributed by atoms with van der Waals surface area (Å²) in [6.45, 7) is 11.8. The molecule has 3 aromatic heterocycles. The summed E-state index contributed by atoms with van der Waals surface area (Å²) in [5, 5.41) is 2.29. The predicted molar refractivity (Wildman–Crippen MR) is 165 cm³/mol. The summed E-state index contributed by atoms with van der Waals surface area (Å²) in [7, 11) is 2.16. The van der Waals surface area contributed by atoms with Crippen molar-refractivity contribution >= 4 is 33.8 Å². The number of oxazole rings is 1. The van der Waals surface area contributed by atoms with Gasteiger partial charge >= 0.3 is 0 Å². The molecular formula is C33H39N5OS. The fourth-order valence-electron chi connectivity index (χ4n) is 5.84. The molecule has 0 unspecified atom stereocenters. The molecular weight excluding hydrogens is 514 g/mol. The number of fused-ring (bicyclic) bond motifs is 3. The van der Waals surface area contributed by atoms with Crippen molar-refractivity contribution in [1.82, 2.24) is 24.4 Å². The average Bonchev–Trinajstić information content (AvgIpc) is 3.44. The van der Waals surface area contributed by atoms with E-state index in [1.165, 1.54) is 27.8 Å². The van der Waals surface area contributed by atoms with Gasteiger partial charge in [0.15, 0.2) is 16.6 Å². The number of aryl methyl sites for hydroxylation is 2. The van der Waals surface area contributed by atoms with Crippen LogP contribution in [0.2, 0.25) is 0 Å². The summed E-state index contributed by atoms with van der Waals surface area (Å²) < 4.78 is 8.31. The van der Waals surface area contributed by atoms with Crippen molar-refractivity contribution in [2.45, 2.75) is 64.5 Å². The molecule has 0 radical (unpaired) electrons. The standard InChI is InChI=1S/C33H39N5OS/c1-6-27-31(26-9-7-10-28-25(26)12-11-22(4)34-28)37(5)33(36-27)40-18-8-15-38-16-13-23-19-29-30(20-24(23)14-17-38)39-32(35-29)21(2)3/h7,9-12,19-21H,6,8,13-18H2,1-5H3. The Morgan fingerprint density at radius 3 is 2.55 bits per heavy atom. The highest BCUT2D eigenvalue weighted by Gasteiger charge is 2.20. The first-order chi connectivity index (χ1) is 19.4. The fraction of sp³-hybridized carbons (Fsp3) is 0.424. The van der Waals surface area contributed by atoms with E-state index in [-0.39, 0.29) is 0 Å². The molecule has 7 heteroatoms. The predicted octanol–water partition coefficient (Wildman–Crippen LogP) is 7.35. The average molecular weight is 554 g/mol. The van der Waals surface area contributed by atoms with Gasteiger partial charge < -0.3 is 13.9 Å². The number of aromatic nitrogens is 4. The lowest BCUT2D eigenvalue weighted by atomic mass is 10.0. The normalized spacial score (nSPS) is 14.3. The summed E-state index contributed by atoms with van der Waals surface area (Å²) in [5.41, 5.74) is 10.5. The van der Waals surface area contributed by atoms with Crippen LogP contribution in [0.25, 0.3) is 33.3 Å². The Hall–Kier alpha value is -3.16. The molecule has 0 N–H and O–H groups in total. The van der Waals surface area contributed by atoms with Crippen LogP contribution in [-0.4, -0.2) is 49.8 Å². The van der Waals surface area contributed by atoms with Gasteiger partial charge in [-0.25, -0.2) is 9.97 Å². The molecule has 4 heterocycles. The van der Waals surface area contributed by atoms with Gasteiger partial charge in [0.2, 0.25) is 0 Å². The number of hydrogen-bond acceptors (Lipinski definition) is 6. The lowest BCUT2D eigenvalue weighted by Gasteiger charge is -2.19. The fourth-order valence-corrected chi connectivity index (χ4v) is 6.76. The van der Waals surface area contributed by atoms with Crippen molar-refractivity contribution < 1.29 is 4.42 Å². The zero-order valence-corrected chi connectivity index (χ0v) is 25.1. The lowest BCUT2D eigenvalue weighted by molar-refractivity contribution is 0.289. The highest BCUT2D eigenvalue weighted by Crippen LogP contribution is 2.34. The van der Waals surface area contributed by atoms with Gasteiger partial charge in [0.25, 0.3) is 0 Å². The molecule has 0 bridgehead atoms. The van der Waals surface area contributed by atoms with Crippen LogP contribution in [0.5, 0.6) is 0 Å². The van der Waals surface area contributed by atoms with Gasteiger partial charge in [-0.15, -0.1) is 0 Å². The third kappa shape index (κ3) is 5.29. The van der Waals surface area contributed by atoms with Crippen molar-refractivity contribution in [3.8, 4) is 11.3 Å². The van der Waals surface area contributed by atoms with E-state index in [2.05, 4.69) is 79.8 Å². The molecule has 0 atom stereocenters. The van der Waals surface area contributed by atoms with Crippen LogP contribution in [0.3, 0.4) is 0 Å². The van der Waals surface area contributed by atoms with Crippen LogP contribution < -0.4 is 0 Å². The van der Waals surface area contributed by atoms with Crippen molar-refractivity contribution in [2.75, 3.05) is 25.4 Å². The molecule has 6 nitrogen and oxygen atoms in total. The summed E-state index contributed by atoms with van der Waals surface area (Å²) in [5.74, 6) is 2.21. The topological polar surface area (TPSA) is 60.0 Å². The Bertz CT molecular complexity index is 1620. The summed E-state index contributed by atoms with van der Waals surface area (Å²) in [6, 6.07) is 15.2. The molecule has 0 saturated heterocycles. The number of thioether (sulfide) groups is 1. The third-order valence-corrected chi connectivity index (χ3v) is 9.17. The summed E-state index contributed by atoms with van der Waals surface area (Å²) >= 11 is 1.88. The molecule has 1 aliphatic rings. The second kappa shape index (κ2) is 11.4. The van der Waals surface area contributed by atoms with Crippen molar-refractivity contribution in [1.29, 1.82) is 0 Å². The van der Waals surface area contributed by atoms with Crippen LogP contribution in [0.4, 0.5) is 0 Å². The molecule has 0 amide bonds. The monoisotopic (exact) mass is 553 g/mol. The Morgan fingerprint density at radius 1 is 0.975 bits per heavy atom. The zero-order chi connectivity index (χ0) is 27.8. The van der Waals surface area contributed by atoms with Crippen LogP contribution in [-0.2, 0) is 26.3 Å². The second-order valence-electron chi connectivity index (χ2n) is 11.3. The van der Waals surface area contributed by atoms with E-state index >= 15 is 0 Å². The molecule has 6 rings (SSSR count). The quantitative estimate of drug-likeness (QED) is 0.148. The molecule has 1 aliphatic heterocycles. The smallest absolute Gasteiger partial charge is 0.198 e. The first-order valence-electron chi connectivity index (χ1n) is 14.6. The van der Waals surface area contributed by atoms with Crippen LogP contribution >= 0.6 is 11.8 Å². The first kappa shape index (κ1) is 27.0. The maximum atomic E-state index is 6.03. The Balaban J connectivity index is 1.09. The molecule has 2 aromatic carbocycles. The van der Waals surface area contributed by atoms with Gasteiger partial charge in [-0.1, -0.05) is 50.7 Å². The minimum atomic E-state index is 0.311. The Morgan fingerprint density at radius 2 is 1.77 bits per heavy atom. The van der Waals surface area contributed by atoms with E-state index < -0.39 is 0 Å². The van der Waals surface area contributed by atoms with Gasteiger partial charge in [-0.3, -0.25) is 4.98 Å². The number of benzene rings is 2. The van der Waals surface area contributed by atoms with Gasteiger partial charge in [-0.05, 0) is 74.5 Å². The van der Waals surface area contributed by atoms with Crippen LogP contribution in [0, 0.1) is 6.92 Å². The molecule has 5 aromatic rings. The lowest BCUT2D eigenvalue weighted by Crippen LogP contribution is -2.27. The van der Waals surface area contributed by atoms with E-state index in [9.17, 15) is 0 Å². The Labute approximate surface area is 241 Å². The SMILES string of the molecule is CCc1nc(SCCCN2CCc3cc4nc(C(C)C)oc4cc3CC2)n(C)c1-c1cccc2nc(C)ccc12. The minimum Gasteiger partial charge on any atom is -0.440 e. The molecule has 208 valence electrons. The number of rotatable bonds is 8. The molecule has 40 heavy (non-hydrogen) atoms. The Kier molecular flexibility index (Phi) is 7.69.